The van der Waals surface area contributed by atoms with Gasteiger partial charge in [-0.05, 0) is 54.7 Å². The van der Waals surface area contributed by atoms with Crippen molar-refractivity contribution in [1.29, 1.82) is 0 Å². The van der Waals surface area contributed by atoms with Crippen molar-refractivity contribution in [3.05, 3.63) is 95.6 Å². The summed E-state index contributed by atoms with van der Waals surface area (Å²) >= 11 is 0. The van der Waals surface area contributed by atoms with E-state index in [1.54, 1.807) is 17.0 Å². The van der Waals surface area contributed by atoms with Gasteiger partial charge in [-0.1, -0.05) is 60.7 Å². The molecule has 182 valence electrons. The van der Waals surface area contributed by atoms with E-state index < -0.39 is 22.0 Å². The first kappa shape index (κ1) is 24.6. The number of nitrogens with zero attached hydrogens (tertiary/aromatic N) is 1. The van der Waals surface area contributed by atoms with Gasteiger partial charge in [0.15, 0.2) is 0 Å². The third-order valence-electron chi connectivity index (χ3n) is 6.19. The summed E-state index contributed by atoms with van der Waals surface area (Å²) in [5.41, 5.74) is 3.29. The molecule has 2 amide bonds. The van der Waals surface area contributed by atoms with Crippen LogP contribution in [0.5, 0.6) is 0 Å². The van der Waals surface area contributed by atoms with Gasteiger partial charge in [0.2, 0.25) is 21.8 Å². The molecule has 0 fully saturated rings. The topological polar surface area (TPSA) is 95.6 Å². The summed E-state index contributed by atoms with van der Waals surface area (Å²) in [5.74, 6) is -0.484. The van der Waals surface area contributed by atoms with Crippen molar-refractivity contribution >= 4 is 27.5 Å². The molecule has 2 atom stereocenters. The van der Waals surface area contributed by atoms with Crippen LogP contribution in [0.2, 0.25) is 0 Å². The number of sulfonamides is 1. The zero-order chi connectivity index (χ0) is 25.0. The van der Waals surface area contributed by atoms with Gasteiger partial charge in [0.05, 0.1) is 10.9 Å². The number of carbonyl (C=O) groups excluding carboxylic acids is 2. The highest BCUT2D eigenvalue weighted by Gasteiger charge is 2.29. The Bertz CT molecular complexity index is 1310. The van der Waals surface area contributed by atoms with E-state index >= 15 is 0 Å². The minimum Gasteiger partial charge on any atom is -0.348 e. The zero-order valence-electron chi connectivity index (χ0n) is 19.8. The molecule has 0 radical (unpaired) electrons. The van der Waals surface area contributed by atoms with Crippen molar-refractivity contribution in [1.82, 2.24) is 10.0 Å². The third kappa shape index (κ3) is 5.78. The second-order valence-electron chi connectivity index (χ2n) is 8.72. The zero-order valence-corrected chi connectivity index (χ0v) is 20.6. The Morgan fingerprint density at radius 2 is 1.63 bits per heavy atom. The van der Waals surface area contributed by atoms with Crippen LogP contribution in [-0.4, -0.2) is 32.8 Å². The maximum atomic E-state index is 13.3. The Labute approximate surface area is 206 Å². The van der Waals surface area contributed by atoms with Gasteiger partial charge in [-0.3, -0.25) is 9.59 Å². The number of carbonyl (C=O) groups is 2. The number of benzene rings is 3. The van der Waals surface area contributed by atoms with Crippen molar-refractivity contribution in [2.45, 2.75) is 43.7 Å². The monoisotopic (exact) mass is 491 g/mol. The van der Waals surface area contributed by atoms with Gasteiger partial charge >= 0.3 is 0 Å². The molecule has 3 aromatic carbocycles. The highest BCUT2D eigenvalue weighted by atomic mass is 32.2. The van der Waals surface area contributed by atoms with E-state index in [9.17, 15) is 18.0 Å². The highest BCUT2D eigenvalue weighted by molar-refractivity contribution is 7.89. The van der Waals surface area contributed by atoms with Crippen molar-refractivity contribution < 1.29 is 18.0 Å². The first-order valence-electron chi connectivity index (χ1n) is 11.6. The van der Waals surface area contributed by atoms with E-state index in [0.717, 1.165) is 22.4 Å². The Morgan fingerprint density at radius 1 is 0.971 bits per heavy atom. The lowest BCUT2D eigenvalue weighted by atomic mass is 10.0. The van der Waals surface area contributed by atoms with Crippen LogP contribution in [0.25, 0.3) is 0 Å². The lowest BCUT2D eigenvalue weighted by Gasteiger charge is -2.22. The average molecular weight is 492 g/mol. The summed E-state index contributed by atoms with van der Waals surface area (Å²) in [6, 6.07) is 22.2. The number of fused-ring (bicyclic) bond motifs is 1. The van der Waals surface area contributed by atoms with Gasteiger partial charge in [0, 0.05) is 19.2 Å². The number of anilines is 1. The van der Waals surface area contributed by atoms with Crippen LogP contribution in [0.15, 0.2) is 83.8 Å². The molecule has 1 heterocycles. The molecular weight excluding hydrogens is 462 g/mol. The lowest BCUT2D eigenvalue weighted by molar-refractivity contribution is -0.123. The highest BCUT2D eigenvalue weighted by Crippen LogP contribution is 2.30. The predicted octanol–water partition coefficient (Wildman–Crippen LogP) is 3.36. The van der Waals surface area contributed by atoms with E-state index in [1.807, 2.05) is 67.6 Å². The molecule has 0 spiro atoms. The van der Waals surface area contributed by atoms with E-state index in [0.29, 0.717) is 13.0 Å². The van der Waals surface area contributed by atoms with Crippen molar-refractivity contribution in [3.63, 3.8) is 0 Å². The van der Waals surface area contributed by atoms with Gasteiger partial charge in [-0.2, -0.15) is 4.72 Å². The number of rotatable bonds is 8. The molecule has 8 heteroatoms. The molecule has 35 heavy (non-hydrogen) atoms. The molecule has 1 aliphatic heterocycles. The van der Waals surface area contributed by atoms with Crippen molar-refractivity contribution in [2.75, 3.05) is 11.4 Å². The molecule has 3 aromatic rings. The summed E-state index contributed by atoms with van der Waals surface area (Å²) in [5, 5.41) is 2.94. The van der Waals surface area contributed by atoms with E-state index in [2.05, 4.69) is 10.0 Å². The van der Waals surface area contributed by atoms with Gasteiger partial charge < -0.3 is 10.2 Å². The van der Waals surface area contributed by atoms with Crippen LogP contribution in [0, 0.1) is 0 Å². The summed E-state index contributed by atoms with van der Waals surface area (Å²) in [6.45, 7) is 3.88. The van der Waals surface area contributed by atoms with Crippen LogP contribution in [0.4, 0.5) is 5.69 Å². The Kier molecular flexibility index (Phi) is 7.33. The first-order valence-corrected chi connectivity index (χ1v) is 13.1. The first-order chi connectivity index (χ1) is 16.7. The SMILES string of the molecule is CC(=O)N1CCc2cc(S(=O)(=O)N[C@@H](Cc3ccccc3)C(=O)N[C@@H](C)c3ccccc3)ccc21. The molecule has 0 saturated heterocycles. The second-order valence-corrected chi connectivity index (χ2v) is 10.4. The van der Waals surface area contributed by atoms with Crippen molar-refractivity contribution in [2.24, 2.45) is 0 Å². The molecule has 0 aromatic heterocycles. The molecule has 0 bridgehead atoms. The number of hydrogen-bond acceptors (Lipinski definition) is 4. The van der Waals surface area contributed by atoms with Gasteiger partial charge in [-0.25, -0.2) is 8.42 Å². The van der Waals surface area contributed by atoms with Crippen LogP contribution in [-0.2, 0) is 32.5 Å². The summed E-state index contributed by atoms with van der Waals surface area (Å²) in [7, 11) is -4.00. The molecule has 0 saturated carbocycles. The summed E-state index contributed by atoms with van der Waals surface area (Å²) < 4.78 is 29.3. The fraction of sp³-hybridized carbons (Fsp3) is 0.259. The van der Waals surface area contributed by atoms with Gasteiger partial charge in [0.25, 0.3) is 0 Å². The lowest BCUT2D eigenvalue weighted by Crippen LogP contribution is -2.48. The normalized spacial score (nSPS) is 14.7. The number of nitrogens with one attached hydrogen (secondary N) is 2. The second kappa shape index (κ2) is 10.4. The number of hydrogen-bond donors (Lipinski definition) is 2. The minimum absolute atomic E-state index is 0.0728. The van der Waals surface area contributed by atoms with Crippen LogP contribution < -0.4 is 14.9 Å². The third-order valence-corrected chi connectivity index (χ3v) is 7.66. The van der Waals surface area contributed by atoms with Crippen LogP contribution in [0.1, 0.15) is 36.6 Å². The fourth-order valence-electron chi connectivity index (χ4n) is 4.30. The number of amides is 2. The molecule has 0 unspecified atom stereocenters. The van der Waals surface area contributed by atoms with Crippen LogP contribution >= 0.6 is 0 Å². The average Bonchev–Trinajstić information content (AvgIpc) is 3.28. The molecule has 0 aliphatic carbocycles. The van der Waals surface area contributed by atoms with Crippen LogP contribution in [0.3, 0.4) is 0 Å². The molecule has 1 aliphatic rings. The Balaban J connectivity index is 1.57. The molecule has 2 N–H and O–H groups in total. The smallest absolute Gasteiger partial charge is 0.241 e. The maximum absolute atomic E-state index is 13.3. The van der Waals surface area contributed by atoms with Gasteiger partial charge in [0.1, 0.15) is 6.04 Å². The van der Waals surface area contributed by atoms with Gasteiger partial charge in [-0.15, -0.1) is 0 Å². The van der Waals surface area contributed by atoms with E-state index in [1.165, 1.54) is 13.0 Å². The fourth-order valence-corrected chi connectivity index (χ4v) is 5.55. The Morgan fingerprint density at radius 3 is 2.29 bits per heavy atom. The standard InChI is InChI=1S/C27H29N3O4S/c1-19(22-11-7-4-8-12-22)28-27(32)25(17-21-9-5-3-6-10-21)29-35(33,34)24-13-14-26-23(18-24)15-16-30(26)20(2)31/h3-14,18-19,25,29H,15-17H2,1-2H3,(H,28,32)/t19-,25-/m0/s1. The van der Waals surface area contributed by atoms with E-state index in [-0.39, 0.29) is 23.3 Å². The molecule has 7 nitrogen and oxygen atoms in total. The quantitative estimate of drug-likeness (QED) is 0.505. The summed E-state index contributed by atoms with van der Waals surface area (Å²) in [6.07, 6.45) is 0.789. The predicted molar refractivity (Wildman–Crippen MR) is 135 cm³/mol. The largest absolute Gasteiger partial charge is 0.348 e. The molecule has 4 rings (SSSR count). The Hall–Kier alpha value is -3.49. The molecular formula is C27H29N3O4S. The van der Waals surface area contributed by atoms with E-state index in [4.69, 9.17) is 0 Å². The summed E-state index contributed by atoms with van der Waals surface area (Å²) in [4.78, 5) is 26.8. The van der Waals surface area contributed by atoms with Crippen molar-refractivity contribution in [3.8, 4) is 0 Å². The minimum atomic E-state index is -4.00. The maximum Gasteiger partial charge on any atom is 0.241 e.